The fourth-order valence-corrected chi connectivity index (χ4v) is 6.66. The highest BCUT2D eigenvalue weighted by molar-refractivity contribution is 6.08. The van der Waals surface area contributed by atoms with Crippen molar-refractivity contribution < 1.29 is 9.18 Å². The van der Waals surface area contributed by atoms with E-state index in [-0.39, 0.29) is 18.3 Å². The molecule has 2 aromatic carbocycles. The molecule has 0 aliphatic carbocycles. The van der Waals surface area contributed by atoms with E-state index in [0.29, 0.717) is 17.6 Å². The van der Waals surface area contributed by atoms with Crippen LogP contribution in [0.2, 0.25) is 0 Å². The number of aromatic nitrogens is 2. The quantitative estimate of drug-likeness (QED) is 0.513. The average molecular weight is 502 g/mol. The van der Waals surface area contributed by atoms with Crippen molar-refractivity contribution in [3.05, 3.63) is 71.8 Å². The largest absolute Gasteiger partial charge is 0.307 e. The number of amides is 1. The molecule has 6 rings (SSSR count). The van der Waals surface area contributed by atoms with Gasteiger partial charge in [-0.05, 0) is 76.0 Å². The van der Waals surface area contributed by atoms with Crippen molar-refractivity contribution in [3.8, 4) is 11.1 Å². The summed E-state index contributed by atoms with van der Waals surface area (Å²) in [6.45, 7) is 8.71. The number of carbonyl (C=O) groups excluding carboxylic acids is 1. The van der Waals surface area contributed by atoms with Gasteiger partial charge in [0.05, 0.1) is 18.2 Å². The molecule has 3 aliphatic heterocycles. The Morgan fingerprint density at radius 3 is 2.57 bits per heavy atom. The van der Waals surface area contributed by atoms with Crippen molar-refractivity contribution in [1.29, 1.82) is 0 Å². The van der Waals surface area contributed by atoms with E-state index in [1.54, 1.807) is 16.9 Å². The lowest BCUT2D eigenvalue weighted by molar-refractivity contribution is -0.123. The third kappa shape index (κ3) is 4.18. The highest BCUT2D eigenvalue weighted by atomic mass is 19.1. The predicted octanol–water partition coefficient (Wildman–Crippen LogP) is 4.59. The zero-order valence-corrected chi connectivity index (χ0v) is 22.0. The number of halogens is 1. The van der Waals surface area contributed by atoms with Crippen LogP contribution in [-0.2, 0) is 23.8 Å². The molecule has 7 heteroatoms. The molecule has 3 aliphatic rings. The second kappa shape index (κ2) is 9.37. The topological polar surface area (TPSA) is 44.6 Å². The Bertz CT molecular complexity index is 1310. The summed E-state index contributed by atoms with van der Waals surface area (Å²) in [4.78, 5) is 21.0. The Labute approximate surface area is 218 Å². The molecular weight excluding hydrogens is 465 g/mol. The highest BCUT2D eigenvalue weighted by Gasteiger charge is 2.55. The minimum atomic E-state index is -0.530. The summed E-state index contributed by atoms with van der Waals surface area (Å²) in [7, 11) is 1.85. The maximum atomic E-state index is 15.3. The van der Waals surface area contributed by atoms with Gasteiger partial charge in [-0.25, -0.2) is 4.39 Å². The van der Waals surface area contributed by atoms with Gasteiger partial charge in [0.25, 0.3) is 0 Å². The Morgan fingerprint density at radius 1 is 1.08 bits per heavy atom. The Kier molecular flexibility index (Phi) is 6.16. The van der Waals surface area contributed by atoms with Gasteiger partial charge in [-0.3, -0.25) is 14.4 Å². The summed E-state index contributed by atoms with van der Waals surface area (Å²) in [5.74, 6) is -0.177. The monoisotopic (exact) mass is 501 g/mol. The summed E-state index contributed by atoms with van der Waals surface area (Å²) < 4.78 is 17.0. The van der Waals surface area contributed by atoms with Crippen molar-refractivity contribution in [1.82, 2.24) is 19.6 Å². The smallest absolute Gasteiger partial charge is 0.239 e. The van der Waals surface area contributed by atoms with E-state index in [0.717, 1.165) is 67.8 Å². The first-order valence-corrected chi connectivity index (χ1v) is 13.5. The van der Waals surface area contributed by atoms with Crippen molar-refractivity contribution in [2.24, 2.45) is 7.05 Å². The van der Waals surface area contributed by atoms with Gasteiger partial charge in [0, 0.05) is 48.7 Å². The third-order valence-corrected chi connectivity index (χ3v) is 8.83. The van der Waals surface area contributed by atoms with E-state index in [9.17, 15) is 4.79 Å². The van der Waals surface area contributed by atoms with Crippen molar-refractivity contribution in [3.63, 3.8) is 0 Å². The first-order valence-electron chi connectivity index (χ1n) is 13.5. The van der Waals surface area contributed by atoms with Crippen LogP contribution >= 0.6 is 0 Å². The summed E-state index contributed by atoms with van der Waals surface area (Å²) in [6, 6.07) is 14.5. The first-order chi connectivity index (χ1) is 17.9. The number of piperidine rings is 1. The summed E-state index contributed by atoms with van der Waals surface area (Å²) in [5, 5.41) is 4.19. The zero-order valence-electron chi connectivity index (χ0n) is 22.0. The van der Waals surface area contributed by atoms with Gasteiger partial charge in [-0.15, -0.1) is 0 Å². The van der Waals surface area contributed by atoms with Crippen LogP contribution in [0, 0.1) is 5.82 Å². The molecule has 2 fully saturated rings. The number of fused-ring (bicyclic) bond motifs is 2. The number of hydrogen-bond donors (Lipinski definition) is 0. The lowest BCUT2D eigenvalue weighted by atomic mass is 9.81. The van der Waals surface area contributed by atoms with E-state index < -0.39 is 5.41 Å². The molecule has 1 amide bonds. The molecule has 1 spiro atoms. The molecule has 0 bridgehead atoms. The molecule has 194 valence electrons. The maximum absolute atomic E-state index is 15.3. The molecule has 1 atom stereocenters. The van der Waals surface area contributed by atoms with Gasteiger partial charge < -0.3 is 9.80 Å². The van der Waals surface area contributed by atoms with E-state index in [1.165, 1.54) is 0 Å². The molecule has 1 aromatic heterocycles. The standard InChI is InChI=1S/C30H36FN5O/c1-21(2)34-13-10-25(11-14-34)35-15-12-30(20-35)26-6-4-5-7-28(26)36(29(30)37)19-23-9-8-22(16-27(23)31)24-17-32-33(3)18-24/h4-9,16-18,21,25H,10-15,19-20H2,1-3H3. The van der Waals surface area contributed by atoms with E-state index in [2.05, 4.69) is 34.8 Å². The molecule has 0 radical (unpaired) electrons. The van der Waals surface area contributed by atoms with Crippen LogP contribution in [0.4, 0.5) is 10.1 Å². The number of carbonyl (C=O) groups is 1. The van der Waals surface area contributed by atoms with E-state index >= 15 is 4.39 Å². The van der Waals surface area contributed by atoms with Crippen LogP contribution in [0.25, 0.3) is 11.1 Å². The Morgan fingerprint density at radius 2 is 1.86 bits per heavy atom. The lowest BCUT2D eigenvalue weighted by Crippen LogP contribution is -2.48. The van der Waals surface area contributed by atoms with E-state index in [4.69, 9.17) is 0 Å². The van der Waals surface area contributed by atoms with Crippen LogP contribution in [0.1, 0.15) is 44.2 Å². The number of para-hydroxylation sites is 1. The molecule has 1 unspecified atom stereocenters. The third-order valence-electron chi connectivity index (χ3n) is 8.83. The minimum Gasteiger partial charge on any atom is -0.307 e. The van der Waals surface area contributed by atoms with Crippen LogP contribution in [0.3, 0.4) is 0 Å². The zero-order chi connectivity index (χ0) is 25.7. The van der Waals surface area contributed by atoms with Gasteiger partial charge in [-0.1, -0.05) is 30.3 Å². The second-order valence-corrected chi connectivity index (χ2v) is 11.3. The average Bonchev–Trinajstić information content (AvgIpc) is 3.60. The molecule has 3 aromatic rings. The second-order valence-electron chi connectivity index (χ2n) is 11.3. The minimum absolute atomic E-state index is 0.117. The summed E-state index contributed by atoms with van der Waals surface area (Å²) >= 11 is 0. The van der Waals surface area contributed by atoms with Crippen molar-refractivity contribution in [2.75, 3.05) is 31.1 Å². The van der Waals surface area contributed by atoms with Crippen LogP contribution in [-0.4, -0.2) is 63.8 Å². The van der Waals surface area contributed by atoms with Crippen molar-refractivity contribution in [2.45, 2.75) is 57.2 Å². The summed E-state index contributed by atoms with van der Waals surface area (Å²) in [5.41, 5.74) is 3.70. The number of nitrogens with zero attached hydrogens (tertiary/aromatic N) is 5. The van der Waals surface area contributed by atoms with Gasteiger partial charge in [-0.2, -0.15) is 5.10 Å². The van der Waals surface area contributed by atoms with Crippen LogP contribution in [0.5, 0.6) is 0 Å². The molecular formula is C30H36FN5O. The number of rotatable bonds is 5. The SMILES string of the molecule is CC(C)N1CCC(N2CCC3(C2)C(=O)N(Cc2ccc(-c4cnn(C)c4)cc2F)c2ccccc23)CC1. The molecule has 0 saturated carbocycles. The van der Waals surface area contributed by atoms with Gasteiger partial charge in [0.1, 0.15) is 5.82 Å². The molecule has 37 heavy (non-hydrogen) atoms. The van der Waals surface area contributed by atoms with Gasteiger partial charge >= 0.3 is 0 Å². The number of anilines is 1. The summed E-state index contributed by atoms with van der Waals surface area (Å²) in [6.07, 6.45) is 6.74. The number of likely N-dealkylation sites (tertiary alicyclic amines) is 2. The number of aryl methyl sites for hydroxylation is 1. The Hall–Kier alpha value is -3.03. The lowest BCUT2D eigenvalue weighted by Gasteiger charge is -2.39. The normalized spacial score (nSPS) is 23.1. The van der Waals surface area contributed by atoms with Crippen molar-refractivity contribution >= 4 is 11.6 Å². The molecule has 2 saturated heterocycles. The van der Waals surface area contributed by atoms with Gasteiger partial charge in [0.15, 0.2) is 0 Å². The Balaban J connectivity index is 1.23. The number of hydrogen-bond acceptors (Lipinski definition) is 4. The van der Waals surface area contributed by atoms with Crippen LogP contribution < -0.4 is 4.90 Å². The molecule has 0 N–H and O–H groups in total. The number of benzene rings is 2. The highest BCUT2D eigenvalue weighted by Crippen LogP contribution is 2.48. The molecule has 6 nitrogen and oxygen atoms in total. The fraction of sp³-hybridized carbons (Fsp3) is 0.467. The fourth-order valence-electron chi connectivity index (χ4n) is 6.66. The van der Waals surface area contributed by atoms with Gasteiger partial charge in [0.2, 0.25) is 5.91 Å². The predicted molar refractivity (Wildman–Crippen MR) is 144 cm³/mol. The molecule has 4 heterocycles. The maximum Gasteiger partial charge on any atom is 0.239 e. The van der Waals surface area contributed by atoms with Crippen LogP contribution in [0.15, 0.2) is 54.9 Å². The first kappa shape index (κ1) is 24.3. The van der Waals surface area contributed by atoms with E-state index in [1.807, 2.05) is 48.5 Å².